The zero-order valence-corrected chi connectivity index (χ0v) is 16.5. The molecular formula is C21H25N3O2S. The molecule has 2 N–H and O–H groups in total. The predicted octanol–water partition coefficient (Wildman–Crippen LogP) is 2.78. The van der Waals surface area contributed by atoms with Crippen molar-refractivity contribution in [1.29, 1.82) is 0 Å². The Hall–Kier alpha value is -2.31. The van der Waals surface area contributed by atoms with E-state index in [9.17, 15) is 9.59 Å². The molecule has 0 unspecified atom stereocenters. The van der Waals surface area contributed by atoms with Crippen LogP contribution < -0.4 is 10.6 Å². The average Bonchev–Trinajstić information content (AvgIpc) is 2.66. The monoisotopic (exact) mass is 383 g/mol. The fraction of sp³-hybridized carbons (Fsp3) is 0.333. The van der Waals surface area contributed by atoms with Gasteiger partial charge in [-0.2, -0.15) is 0 Å². The van der Waals surface area contributed by atoms with Crippen molar-refractivity contribution in [3.05, 3.63) is 60.2 Å². The first-order chi connectivity index (χ1) is 13.0. The summed E-state index contributed by atoms with van der Waals surface area (Å²) in [4.78, 5) is 27.8. The highest BCUT2D eigenvalue weighted by Gasteiger charge is 2.29. The molecule has 0 saturated heterocycles. The fourth-order valence-corrected chi connectivity index (χ4v) is 4.13. The second kappa shape index (κ2) is 9.06. The summed E-state index contributed by atoms with van der Waals surface area (Å²) in [5.41, 5.74) is 2.06. The van der Waals surface area contributed by atoms with Crippen LogP contribution in [0.3, 0.4) is 0 Å². The molecule has 0 fully saturated rings. The van der Waals surface area contributed by atoms with Crippen molar-refractivity contribution in [1.82, 2.24) is 10.2 Å². The molecule has 6 heteroatoms. The van der Waals surface area contributed by atoms with Crippen LogP contribution in [0.1, 0.15) is 12.0 Å². The highest BCUT2D eigenvalue weighted by Crippen LogP contribution is 2.36. The van der Waals surface area contributed by atoms with Gasteiger partial charge in [0.05, 0.1) is 10.9 Å². The van der Waals surface area contributed by atoms with E-state index in [2.05, 4.69) is 27.7 Å². The van der Waals surface area contributed by atoms with Crippen molar-refractivity contribution in [2.45, 2.75) is 29.0 Å². The van der Waals surface area contributed by atoms with Gasteiger partial charge in [0.25, 0.3) is 0 Å². The summed E-state index contributed by atoms with van der Waals surface area (Å²) in [5, 5.41) is 5.49. The standard InChI is InChI=1S/C21H25N3O2S/c1-24(2)16(12-15-8-4-3-5-9-15)14-22-20(25)13-19-21(26)23-17-10-6-7-11-18(17)27-19/h3-11,16,19H,12-14H2,1-2H3,(H,22,25)(H,23,26)/t16-,19+/m0/s1. The molecule has 0 aromatic heterocycles. The van der Waals surface area contributed by atoms with E-state index in [4.69, 9.17) is 0 Å². The van der Waals surface area contributed by atoms with Crippen LogP contribution in [0.15, 0.2) is 59.5 Å². The Morgan fingerprint density at radius 2 is 1.85 bits per heavy atom. The number of para-hydroxylation sites is 1. The summed E-state index contributed by atoms with van der Waals surface area (Å²) in [6.07, 6.45) is 1.04. The van der Waals surface area contributed by atoms with Crippen molar-refractivity contribution >= 4 is 29.3 Å². The van der Waals surface area contributed by atoms with Crippen LogP contribution in [0.5, 0.6) is 0 Å². The Kier molecular flexibility index (Phi) is 6.53. The highest BCUT2D eigenvalue weighted by atomic mass is 32.2. The lowest BCUT2D eigenvalue weighted by Crippen LogP contribution is -2.43. The Morgan fingerprint density at radius 1 is 1.15 bits per heavy atom. The summed E-state index contributed by atoms with van der Waals surface area (Å²) >= 11 is 1.45. The van der Waals surface area contributed by atoms with Gasteiger partial charge in [0, 0.05) is 23.9 Å². The first-order valence-electron chi connectivity index (χ1n) is 9.06. The van der Waals surface area contributed by atoms with E-state index < -0.39 is 5.25 Å². The molecule has 0 aliphatic carbocycles. The minimum atomic E-state index is -0.396. The van der Waals surface area contributed by atoms with Gasteiger partial charge in [0.1, 0.15) is 0 Å². The van der Waals surface area contributed by atoms with E-state index >= 15 is 0 Å². The van der Waals surface area contributed by atoms with Gasteiger partial charge in [-0.05, 0) is 38.2 Å². The molecule has 0 saturated carbocycles. The second-order valence-electron chi connectivity index (χ2n) is 6.91. The number of fused-ring (bicyclic) bond motifs is 1. The predicted molar refractivity (Wildman–Crippen MR) is 110 cm³/mol. The van der Waals surface area contributed by atoms with Crippen molar-refractivity contribution in [2.24, 2.45) is 0 Å². The van der Waals surface area contributed by atoms with E-state index in [1.807, 2.05) is 56.6 Å². The third kappa shape index (κ3) is 5.34. The number of anilines is 1. The SMILES string of the molecule is CN(C)[C@H](CNC(=O)C[C@H]1Sc2ccccc2NC1=O)Cc1ccccc1. The van der Waals surface area contributed by atoms with Crippen LogP contribution in [0, 0.1) is 0 Å². The normalized spacial score (nSPS) is 17.1. The number of benzene rings is 2. The molecule has 2 amide bonds. The maximum absolute atomic E-state index is 12.4. The lowest BCUT2D eigenvalue weighted by atomic mass is 10.1. The molecule has 1 aliphatic rings. The zero-order chi connectivity index (χ0) is 19.2. The molecule has 2 aromatic carbocycles. The van der Waals surface area contributed by atoms with Gasteiger partial charge in [-0.3, -0.25) is 9.59 Å². The van der Waals surface area contributed by atoms with Crippen LogP contribution in [-0.4, -0.2) is 48.6 Å². The number of nitrogens with one attached hydrogen (secondary N) is 2. The molecule has 5 nitrogen and oxygen atoms in total. The third-order valence-corrected chi connectivity index (χ3v) is 5.93. The summed E-state index contributed by atoms with van der Waals surface area (Å²) < 4.78 is 0. The summed E-state index contributed by atoms with van der Waals surface area (Å²) in [7, 11) is 4.03. The average molecular weight is 384 g/mol. The van der Waals surface area contributed by atoms with E-state index in [0.29, 0.717) is 6.54 Å². The molecule has 0 radical (unpaired) electrons. The van der Waals surface area contributed by atoms with Crippen molar-refractivity contribution in [3.8, 4) is 0 Å². The number of carbonyl (C=O) groups excluding carboxylic acids is 2. The largest absolute Gasteiger partial charge is 0.354 e. The molecule has 142 valence electrons. The van der Waals surface area contributed by atoms with Crippen LogP contribution in [0.4, 0.5) is 5.69 Å². The topological polar surface area (TPSA) is 61.4 Å². The fourth-order valence-electron chi connectivity index (χ4n) is 3.02. The highest BCUT2D eigenvalue weighted by molar-refractivity contribution is 8.01. The van der Waals surface area contributed by atoms with Gasteiger partial charge in [0.2, 0.25) is 11.8 Å². The molecule has 0 spiro atoms. The first-order valence-corrected chi connectivity index (χ1v) is 9.94. The molecule has 1 heterocycles. The maximum Gasteiger partial charge on any atom is 0.238 e. The zero-order valence-electron chi connectivity index (χ0n) is 15.6. The van der Waals surface area contributed by atoms with Crippen LogP contribution in [0.2, 0.25) is 0 Å². The lowest BCUT2D eigenvalue weighted by molar-refractivity contribution is -0.124. The van der Waals surface area contributed by atoms with E-state index in [0.717, 1.165) is 17.0 Å². The molecule has 27 heavy (non-hydrogen) atoms. The lowest BCUT2D eigenvalue weighted by Gasteiger charge is -2.26. The number of hydrogen-bond acceptors (Lipinski definition) is 4. The molecule has 3 rings (SSSR count). The van der Waals surface area contributed by atoms with Crippen LogP contribution >= 0.6 is 11.8 Å². The van der Waals surface area contributed by atoms with Gasteiger partial charge in [-0.15, -0.1) is 11.8 Å². The van der Waals surface area contributed by atoms with Crippen molar-refractivity contribution < 1.29 is 9.59 Å². The molecular weight excluding hydrogens is 358 g/mol. The van der Waals surface area contributed by atoms with Gasteiger partial charge < -0.3 is 15.5 Å². The summed E-state index contributed by atoms with van der Waals surface area (Å²) in [6.45, 7) is 0.552. The smallest absolute Gasteiger partial charge is 0.238 e. The molecule has 1 aliphatic heterocycles. The third-order valence-electron chi connectivity index (χ3n) is 4.66. The van der Waals surface area contributed by atoms with Crippen LogP contribution in [-0.2, 0) is 16.0 Å². The summed E-state index contributed by atoms with van der Waals surface area (Å²) in [6, 6.07) is 18.1. The second-order valence-corrected chi connectivity index (χ2v) is 8.15. The number of likely N-dealkylation sites (N-methyl/N-ethyl adjacent to an activating group) is 1. The Balaban J connectivity index is 1.53. The van der Waals surface area contributed by atoms with Crippen molar-refractivity contribution in [2.75, 3.05) is 26.0 Å². The number of thioether (sulfide) groups is 1. The Bertz CT molecular complexity index is 795. The maximum atomic E-state index is 12.4. The van der Waals surface area contributed by atoms with E-state index in [1.165, 1.54) is 17.3 Å². The van der Waals surface area contributed by atoms with Crippen molar-refractivity contribution in [3.63, 3.8) is 0 Å². The van der Waals surface area contributed by atoms with Gasteiger partial charge >= 0.3 is 0 Å². The Labute approximate surface area is 164 Å². The van der Waals surface area contributed by atoms with E-state index in [1.54, 1.807) is 0 Å². The number of nitrogens with zero attached hydrogens (tertiary/aromatic N) is 1. The molecule has 2 aromatic rings. The van der Waals surface area contributed by atoms with Gasteiger partial charge in [0.15, 0.2) is 0 Å². The Morgan fingerprint density at radius 3 is 2.59 bits per heavy atom. The van der Waals surface area contributed by atoms with Crippen LogP contribution in [0.25, 0.3) is 0 Å². The van der Waals surface area contributed by atoms with Gasteiger partial charge in [-0.25, -0.2) is 0 Å². The molecule has 2 atom stereocenters. The number of amides is 2. The summed E-state index contributed by atoms with van der Waals surface area (Å²) in [5.74, 6) is -0.204. The number of carbonyl (C=O) groups is 2. The molecule has 0 bridgehead atoms. The number of rotatable bonds is 7. The van der Waals surface area contributed by atoms with Gasteiger partial charge in [-0.1, -0.05) is 42.5 Å². The first kappa shape index (κ1) is 19.5. The minimum absolute atomic E-state index is 0.0954. The minimum Gasteiger partial charge on any atom is -0.354 e. The quantitative estimate of drug-likeness (QED) is 0.772. The van der Waals surface area contributed by atoms with E-state index in [-0.39, 0.29) is 24.3 Å². The number of hydrogen-bond donors (Lipinski definition) is 2.